The van der Waals surface area contributed by atoms with Gasteiger partial charge in [0.1, 0.15) is 5.75 Å². The molecule has 0 aliphatic rings. The van der Waals surface area contributed by atoms with E-state index in [0.717, 1.165) is 0 Å². The maximum atomic E-state index is 8.90. The lowest BCUT2D eigenvalue weighted by Gasteiger charge is -1.99. The quantitative estimate of drug-likeness (QED) is 0.391. The van der Waals surface area contributed by atoms with Gasteiger partial charge in [0.25, 0.3) is 0 Å². The Hall–Kier alpha value is -1.09. The first-order chi connectivity index (χ1) is 4.22. The Bertz CT molecular complexity index is 207. The highest BCUT2D eigenvalue weighted by Crippen LogP contribution is 2.24. The summed E-state index contributed by atoms with van der Waals surface area (Å²) in [6, 6.07) is 4.77. The summed E-state index contributed by atoms with van der Waals surface area (Å²) in [6.07, 6.45) is 0. The molecule has 0 heterocycles. The molecule has 4 heteroatoms. The van der Waals surface area contributed by atoms with Gasteiger partial charge in [-0.1, -0.05) is 6.07 Å². The van der Waals surface area contributed by atoms with Crippen LogP contribution in [0.25, 0.3) is 0 Å². The molecule has 0 aliphatic heterocycles. The van der Waals surface area contributed by atoms with E-state index in [1.165, 1.54) is 6.07 Å². The number of phenolic OH excluding ortho intramolecular Hbond substituents is 1. The molecule has 1 aromatic carbocycles. The van der Waals surface area contributed by atoms with E-state index in [4.69, 9.17) is 16.6 Å². The van der Waals surface area contributed by atoms with E-state index >= 15 is 0 Å². The number of hydrogen-bond donors (Lipinski definition) is 3. The minimum Gasteiger partial charge on any atom is -0.506 e. The maximum Gasteiger partial charge on any atom is 0.140 e. The SMILES string of the molecule is Cl.Nc1cccc(O)c1N. The monoisotopic (exact) mass is 160 g/mol. The largest absolute Gasteiger partial charge is 0.506 e. The second-order valence-electron chi connectivity index (χ2n) is 1.78. The number of rotatable bonds is 0. The van der Waals surface area contributed by atoms with Crippen molar-refractivity contribution >= 4 is 23.8 Å². The highest BCUT2D eigenvalue weighted by Gasteiger charge is 1.96. The second-order valence-corrected chi connectivity index (χ2v) is 1.78. The van der Waals surface area contributed by atoms with E-state index in [-0.39, 0.29) is 23.8 Å². The fourth-order valence-corrected chi connectivity index (χ4v) is 0.570. The summed E-state index contributed by atoms with van der Waals surface area (Å²) in [7, 11) is 0. The van der Waals surface area contributed by atoms with Crippen LogP contribution in [0, 0.1) is 0 Å². The van der Waals surface area contributed by atoms with Gasteiger partial charge < -0.3 is 16.6 Å². The van der Waals surface area contributed by atoms with Gasteiger partial charge in [0, 0.05) is 0 Å². The van der Waals surface area contributed by atoms with E-state index in [2.05, 4.69) is 0 Å². The number of anilines is 2. The summed E-state index contributed by atoms with van der Waals surface area (Å²) in [6.45, 7) is 0. The summed E-state index contributed by atoms with van der Waals surface area (Å²) in [5.41, 5.74) is 11.3. The van der Waals surface area contributed by atoms with Crippen LogP contribution in [0.4, 0.5) is 11.4 Å². The lowest BCUT2D eigenvalue weighted by Crippen LogP contribution is -1.93. The average molecular weight is 161 g/mol. The second kappa shape index (κ2) is 3.17. The van der Waals surface area contributed by atoms with Crippen LogP contribution in [0.15, 0.2) is 18.2 Å². The molecule has 10 heavy (non-hydrogen) atoms. The van der Waals surface area contributed by atoms with Crippen LogP contribution >= 0.6 is 12.4 Å². The van der Waals surface area contributed by atoms with Gasteiger partial charge in [0.15, 0.2) is 0 Å². The molecule has 0 unspecified atom stereocenters. The third-order valence-electron chi connectivity index (χ3n) is 1.12. The van der Waals surface area contributed by atoms with Crippen molar-refractivity contribution in [3.63, 3.8) is 0 Å². The number of benzene rings is 1. The third-order valence-corrected chi connectivity index (χ3v) is 1.12. The smallest absolute Gasteiger partial charge is 0.140 e. The first kappa shape index (κ1) is 8.91. The Morgan fingerprint density at radius 3 is 2.20 bits per heavy atom. The van der Waals surface area contributed by atoms with Crippen LogP contribution in [-0.4, -0.2) is 5.11 Å². The molecular formula is C6H9ClN2O. The van der Waals surface area contributed by atoms with Gasteiger partial charge in [-0.2, -0.15) is 0 Å². The summed E-state index contributed by atoms with van der Waals surface area (Å²) in [5.74, 6) is 0.0370. The normalized spacial score (nSPS) is 8.40. The van der Waals surface area contributed by atoms with E-state index < -0.39 is 0 Å². The molecule has 1 aromatic rings. The van der Waals surface area contributed by atoms with Gasteiger partial charge in [0.2, 0.25) is 0 Å². The van der Waals surface area contributed by atoms with Gasteiger partial charge in [0.05, 0.1) is 11.4 Å². The van der Waals surface area contributed by atoms with Crippen molar-refractivity contribution in [2.24, 2.45) is 0 Å². The zero-order valence-corrected chi connectivity index (χ0v) is 6.06. The van der Waals surface area contributed by atoms with Crippen LogP contribution in [0.2, 0.25) is 0 Å². The Morgan fingerprint density at radius 1 is 1.20 bits per heavy atom. The molecule has 0 saturated carbocycles. The molecule has 0 aromatic heterocycles. The first-order valence-electron chi connectivity index (χ1n) is 2.54. The van der Waals surface area contributed by atoms with Crippen molar-refractivity contribution in [2.75, 3.05) is 11.5 Å². The number of nitrogens with two attached hydrogens (primary N) is 2. The lowest BCUT2D eigenvalue weighted by atomic mass is 10.2. The number of hydrogen-bond acceptors (Lipinski definition) is 3. The molecule has 56 valence electrons. The molecule has 1 rings (SSSR count). The molecule has 0 spiro atoms. The molecule has 0 atom stereocenters. The summed E-state index contributed by atoms with van der Waals surface area (Å²) < 4.78 is 0. The first-order valence-corrected chi connectivity index (χ1v) is 2.54. The summed E-state index contributed by atoms with van der Waals surface area (Å²) in [4.78, 5) is 0. The molecule has 0 amide bonds. The van der Waals surface area contributed by atoms with E-state index in [1.807, 2.05) is 0 Å². The van der Waals surface area contributed by atoms with Crippen LogP contribution in [0.5, 0.6) is 5.75 Å². The van der Waals surface area contributed by atoms with Crippen LogP contribution < -0.4 is 11.5 Å². The van der Waals surface area contributed by atoms with Crippen LogP contribution in [0.3, 0.4) is 0 Å². The highest BCUT2D eigenvalue weighted by molar-refractivity contribution is 5.85. The van der Waals surface area contributed by atoms with Crippen LogP contribution in [0.1, 0.15) is 0 Å². The van der Waals surface area contributed by atoms with Crippen molar-refractivity contribution in [3.05, 3.63) is 18.2 Å². The standard InChI is InChI=1S/C6H8N2O.ClH/c7-4-2-1-3-5(9)6(4)8;/h1-3,9H,7-8H2;1H. The average Bonchev–Trinajstić information content (AvgIpc) is 1.83. The van der Waals surface area contributed by atoms with Gasteiger partial charge in [-0.05, 0) is 12.1 Å². The molecular weight excluding hydrogens is 152 g/mol. The molecule has 3 nitrogen and oxygen atoms in total. The molecule has 0 bridgehead atoms. The number of para-hydroxylation sites is 1. The summed E-state index contributed by atoms with van der Waals surface area (Å²) in [5, 5.41) is 8.90. The zero-order chi connectivity index (χ0) is 6.85. The fourth-order valence-electron chi connectivity index (χ4n) is 0.570. The van der Waals surface area contributed by atoms with E-state index in [1.54, 1.807) is 12.1 Å². The number of nitrogen functional groups attached to an aromatic ring is 2. The summed E-state index contributed by atoms with van der Waals surface area (Å²) >= 11 is 0. The maximum absolute atomic E-state index is 8.90. The molecule has 0 saturated heterocycles. The number of aromatic hydroxyl groups is 1. The van der Waals surface area contributed by atoms with Crippen molar-refractivity contribution in [1.82, 2.24) is 0 Å². The van der Waals surface area contributed by atoms with Gasteiger partial charge in [-0.15, -0.1) is 12.4 Å². The molecule has 0 fully saturated rings. The predicted molar refractivity (Wildman–Crippen MR) is 44.2 cm³/mol. The Labute approximate surface area is 65.1 Å². The van der Waals surface area contributed by atoms with Crippen molar-refractivity contribution in [2.45, 2.75) is 0 Å². The Kier molecular flexibility index (Phi) is 2.83. The van der Waals surface area contributed by atoms with Gasteiger partial charge in [-0.25, -0.2) is 0 Å². The highest BCUT2D eigenvalue weighted by atomic mass is 35.5. The fraction of sp³-hybridized carbons (Fsp3) is 0. The molecule has 0 radical (unpaired) electrons. The Balaban J connectivity index is 0.000000810. The number of phenols is 1. The molecule has 5 N–H and O–H groups in total. The Morgan fingerprint density at radius 2 is 1.80 bits per heavy atom. The van der Waals surface area contributed by atoms with E-state index in [9.17, 15) is 0 Å². The van der Waals surface area contributed by atoms with Gasteiger partial charge in [-0.3, -0.25) is 0 Å². The van der Waals surface area contributed by atoms with Crippen LogP contribution in [-0.2, 0) is 0 Å². The number of halogens is 1. The molecule has 0 aliphatic carbocycles. The van der Waals surface area contributed by atoms with Crippen molar-refractivity contribution in [3.8, 4) is 5.75 Å². The van der Waals surface area contributed by atoms with E-state index in [0.29, 0.717) is 5.69 Å². The minimum atomic E-state index is 0. The van der Waals surface area contributed by atoms with Gasteiger partial charge >= 0.3 is 0 Å². The lowest BCUT2D eigenvalue weighted by molar-refractivity contribution is 0.478. The topological polar surface area (TPSA) is 72.3 Å². The van der Waals surface area contributed by atoms with Crippen molar-refractivity contribution < 1.29 is 5.11 Å². The third kappa shape index (κ3) is 1.45. The minimum absolute atomic E-state index is 0. The zero-order valence-electron chi connectivity index (χ0n) is 5.24. The van der Waals surface area contributed by atoms with Crippen molar-refractivity contribution in [1.29, 1.82) is 0 Å². The predicted octanol–water partition coefficient (Wildman–Crippen LogP) is 0.978.